The Bertz CT molecular complexity index is 499. The van der Waals surface area contributed by atoms with Crippen molar-refractivity contribution in [3.8, 4) is 0 Å². The topological polar surface area (TPSA) is 39.2 Å². The van der Waals surface area contributed by atoms with Crippen LogP contribution in [0.15, 0.2) is 34.9 Å². The van der Waals surface area contributed by atoms with Crippen LogP contribution >= 0.6 is 15.9 Å². The van der Waals surface area contributed by atoms with Crippen LogP contribution in [0.3, 0.4) is 0 Å². The molecule has 1 heterocycles. The van der Waals surface area contributed by atoms with Gasteiger partial charge in [-0.3, -0.25) is 9.78 Å². The number of ether oxygens (including phenoxy) is 1. The molecule has 4 heteroatoms. The molecule has 0 unspecified atom stereocenters. The van der Waals surface area contributed by atoms with Gasteiger partial charge in [0.1, 0.15) is 6.61 Å². The van der Waals surface area contributed by atoms with Crippen molar-refractivity contribution in [2.24, 2.45) is 0 Å². The molecule has 0 aliphatic carbocycles. The second-order valence-electron chi connectivity index (χ2n) is 3.05. The number of hydrogen-bond donors (Lipinski definition) is 0. The second-order valence-corrected chi connectivity index (χ2v) is 3.97. The normalized spacial score (nSPS) is 10.2. The number of pyridine rings is 1. The van der Waals surface area contributed by atoms with Crippen LogP contribution in [0.4, 0.5) is 0 Å². The fourth-order valence-electron chi connectivity index (χ4n) is 1.44. The second kappa shape index (κ2) is 4.40. The summed E-state index contributed by atoms with van der Waals surface area (Å²) >= 11 is 3.36. The molecule has 1 aromatic carbocycles. The summed E-state index contributed by atoms with van der Waals surface area (Å²) in [4.78, 5) is 14.4. The molecule has 1 aromatic heterocycles. The van der Waals surface area contributed by atoms with Crippen LogP contribution in [0, 0.1) is 0 Å². The highest BCUT2D eigenvalue weighted by atomic mass is 79.9. The first-order chi connectivity index (χ1) is 7.31. The molecule has 3 nitrogen and oxygen atoms in total. The van der Waals surface area contributed by atoms with E-state index in [2.05, 4.69) is 20.9 Å². The predicted molar refractivity (Wildman–Crippen MR) is 60.3 cm³/mol. The van der Waals surface area contributed by atoms with Crippen molar-refractivity contribution in [2.45, 2.75) is 6.61 Å². The van der Waals surface area contributed by atoms with Crippen LogP contribution in [-0.2, 0) is 16.1 Å². The summed E-state index contributed by atoms with van der Waals surface area (Å²) in [5, 5.41) is 1.02. The van der Waals surface area contributed by atoms with E-state index in [1.807, 2.05) is 24.3 Å². The van der Waals surface area contributed by atoms with Gasteiger partial charge in [-0.15, -0.1) is 0 Å². The molecule has 76 valence electrons. The van der Waals surface area contributed by atoms with E-state index >= 15 is 0 Å². The maximum Gasteiger partial charge on any atom is 0.293 e. The van der Waals surface area contributed by atoms with Gasteiger partial charge in [0.2, 0.25) is 0 Å². The molecular formula is C11H8BrNO2. The van der Waals surface area contributed by atoms with E-state index in [0.29, 0.717) is 6.47 Å². The monoisotopic (exact) mass is 265 g/mol. The maximum atomic E-state index is 10.1. The summed E-state index contributed by atoms with van der Waals surface area (Å²) in [5.74, 6) is 0. The highest BCUT2D eigenvalue weighted by Crippen LogP contribution is 2.20. The Labute approximate surface area is 95.2 Å². The Morgan fingerprint density at radius 1 is 1.47 bits per heavy atom. The minimum atomic E-state index is 0.259. The molecular weight excluding hydrogens is 258 g/mol. The molecule has 0 aliphatic rings. The molecule has 0 amide bonds. The van der Waals surface area contributed by atoms with Crippen LogP contribution in [0.1, 0.15) is 5.56 Å². The number of hydrogen-bond acceptors (Lipinski definition) is 3. The zero-order valence-corrected chi connectivity index (χ0v) is 9.40. The van der Waals surface area contributed by atoms with Crippen LogP contribution in [0.25, 0.3) is 10.9 Å². The summed E-state index contributed by atoms with van der Waals surface area (Å²) in [6, 6.07) is 7.76. The van der Waals surface area contributed by atoms with E-state index < -0.39 is 0 Å². The molecule has 0 atom stereocenters. The number of rotatable bonds is 3. The standard InChI is InChI=1S/C11H8BrNO2/c12-10-4-8-2-1-3-9(6-15-7-14)11(8)13-5-10/h1-5,7H,6H2. The lowest BCUT2D eigenvalue weighted by atomic mass is 10.1. The minimum absolute atomic E-state index is 0.259. The first kappa shape index (κ1) is 10.1. The van der Waals surface area contributed by atoms with Crippen LogP contribution in [0.2, 0.25) is 0 Å². The van der Waals surface area contributed by atoms with Crippen molar-refractivity contribution < 1.29 is 9.53 Å². The molecule has 0 spiro atoms. The first-order valence-corrected chi connectivity index (χ1v) is 5.19. The maximum absolute atomic E-state index is 10.1. The van der Waals surface area contributed by atoms with Gasteiger partial charge < -0.3 is 4.74 Å². The lowest BCUT2D eigenvalue weighted by Crippen LogP contribution is -1.93. The van der Waals surface area contributed by atoms with Crippen LogP contribution in [0.5, 0.6) is 0 Å². The quantitative estimate of drug-likeness (QED) is 0.802. The number of carbonyl (C=O) groups excluding carboxylic acids is 1. The largest absolute Gasteiger partial charge is 0.463 e. The van der Waals surface area contributed by atoms with E-state index in [0.717, 1.165) is 20.9 Å². The van der Waals surface area contributed by atoms with E-state index in [1.54, 1.807) is 6.20 Å². The Morgan fingerprint density at radius 3 is 3.13 bits per heavy atom. The molecule has 0 fully saturated rings. The van der Waals surface area contributed by atoms with Gasteiger partial charge in [-0.05, 0) is 22.0 Å². The zero-order valence-electron chi connectivity index (χ0n) is 7.81. The number of para-hydroxylation sites is 1. The molecule has 0 radical (unpaired) electrons. The van der Waals surface area contributed by atoms with Gasteiger partial charge in [0.15, 0.2) is 0 Å². The SMILES string of the molecule is O=COCc1cccc2cc(Br)cnc12. The smallest absolute Gasteiger partial charge is 0.293 e. The highest BCUT2D eigenvalue weighted by Gasteiger charge is 2.02. The van der Waals surface area contributed by atoms with Crippen molar-refractivity contribution in [3.63, 3.8) is 0 Å². The number of halogens is 1. The van der Waals surface area contributed by atoms with E-state index in [9.17, 15) is 4.79 Å². The molecule has 0 N–H and O–H groups in total. The Kier molecular flexibility index (Phi) is 2.97. The first-order valence-electron chi connectivity index (χ1n) is 4.39. The number of nitrogens with zero attached hydrogens (tertiary/aromatic N) is 1. The third-order valence-electron chi connectivity index (χ3n) is 2.07. The van der Waals surface area contributed by atoms with Gasteiger partial charge in [-0.25, -0.2) is 0 Å². The molecule has 0 saturated carbocycles. The van der Waals surface area contributed by atoms with Crippen molar-refractivity contribution in [1.29, 1.82) is 0 Å². The summed E-state index contributed by atoms with van der Waals surface area (Å²) < 4.78 is 5.66. The van der Waals surface area contributed by atoms with E-state index in [-0.39, 0.29) is 6.61 Å². The average Bonchev–Trinajstić information content (AvgIpc) is 2.25. The van der Waals surface area contributed by atoms with Gasteiger partial charge in [0.05, 0.1) is 5.52 Å². The van der Waals surface area contributed by atoms with Gasteiger partial charge in [0, 0.05) is 21.6 Å². The van der Waals surface area contributed by atoms with Gasteiger partial charge >= 0.3 is 0 Å². The van der Waals surface area contributed by atoms with Gasteiger partial charge in [-0.1, -0.05) is 18.2 Å². The predicted octanol–water partition coefficient (Wildman–Crippen LogP) is 2.67. The van der Waals surface area contributed by atoms with Crippen molar-refractivity contribution in [1.82, 2.24) is 4.98 Å². The number of aromatic nitrogens is 1. The van der Waals surface area contributed by atoms with Crippen LogP contribution in [-0.4, -0.2) is 11.5 Å². The fourth-order valence-corrected chi connectivity index (χ4v) is 1.79. The summed E-state index contributed by atoms with van der Waals surface area (Å²) in [5.41, 5.74) is 1.77. The lowest BCUT2D eigenvalue weighted by molar-refractivity contribution is -0.129. The summed E-state index contributed by atoms with van der Waals surface area (Å²) in [6.45, 7) is 0.702. The molecule has 0 aliphatic heterocycles. The third kappa shape index (κ3) is 2.15. The third-order valence-corrected chi connectivity index (χ3v) is 2.50. The molecule has 2 rings (SSSR count). The van der Waals surface area contributed by atoms with E-state index in [4.69, 9.17) is 4.74 Å². The number of benzene rings is 1. The van der Waals surface area contributed by atoms with Gasteiger partial charge in [0.25, 0.3) is 6.47 Å². The minimum Gasteiger partial charge on any atom is -0.463 e. The molecule has 15 heavy (non-hydrogen) atoms. The zero-order chi connectivity index (χ0) is 10.7. The lowest BCUT2D eigenvalue weighted by Gasteiger charge is -2.04. The van der Waals surface area contributed by atoms with E-state index in [1.165, 1.54) is 0 Å². The van der Waals surface area contributed by atoms with Crippen LogP contribution < -0.4 is 0 Å². The Hall–Kier alpha value is -1.42. The number of carbonyl (C=O) groups is 1. The number of fused-ring (bicyclic) bond motifs is 1. The van der Waals surface area contributed by atoms with Crippen molar-refractivity contribution >= 4 is 33.3 Å². The fraction of sp³-hybridized carbons (Fsp3) is 0.0909. The Balaban J connectivity index is 2.50. The van der Waals surface area contributed by atoms with Crippen molar-refractivity contribution in [3.05, 3.63) is 40.5 Å². The molecule has 0 saturated heterocycles. The summed E-state index contributed by atoms with van der Waals surface area (Å²) in [6.07, 6.45) is 1.73. The molecule has 0 bridgehead atoms. The van der Waals surface area contributed by atoms with Gasteiger partial charge in [-0.2, -0.15) is 0 Å². The van der Waals surface area contributed by atoms with Crippen molar-refractivity contribution in [2.75, 3.05) is 0 Å². The Morgan fingerprint density at radius 2 is 2.33 bits per heavy atom. The molecule has 2 aromatic rings. The average molecular weight is 266 g/mol. The summed E-state index contributed by atoms with van der Waals surface area (Å²) in [7, 11) is 0. The highest BCUT2D eigenvalue weighted by molar-refractivity contribution is 9.10.